The first kappa shape index (κ1) is 16.7. The lowest BCUT2D eigenvalue weighted by atomic mass is 10.1. The lowest BCUT2D eigenvalue weighted by Crippen LogP contribution is -2.48. The lowest BCUT2D eigenvalue weighted by molar-refractivity contribution is 0.109. The molecule has 0 aliphatic carbocycles. The number of para-hydroxylation sites is 1. The zero-order valence-electron chi connectivity index (χ0n) is 14.5. The number of rotatable bonds is 6. The molecule has 3 rings (SSSR count). The zero-order valence-corrected chi connectivity index (χ0v) is 14.5. The Hall–Kier alpha value is -1.10. The van der Waals surface area contributed by atoms with Crippen LogP contribution >= 0.6 is 0 Å². The van der Waals surface area contributed by atoms with Crippen LogP contribution in [0.2, 0.25) is 0 Å². The van der Waals surface area contributed by atoms with Crippen molar-refractivity contribution in [3.05, 3.63) is 29.8 Å². The van der Waals surface area contributed by atoms with E-state index < -0.39 is 0 Å². The Labute approximate surface area is 141 Å². The van der Waals surface area contributed by atoms with E-state index in [2.05, 4.69) is 32.9 Å². The predicted molar refractivity (Wildman–Crippen MR) is 95.0 cm³/mol. The van der Waals surface area contributed by atoms with Crippen LogP contribution in [0.5, 0.6) is 5.75 Å². The van der Waals surface area contributed by atoms with Gasteiger partial charge < -0.3 is 9.64 Å². The highest BCUT2D eigenvalue weighted by molar-refractivity contribution is 5.33. The summed E-state index contributed by atoms with van der Waals surface area (Å²) in [6, 6.07) is 8.39. The molecule has 0 spiro atoms. The van der Waals surface area contributed by atoms with E-state index in [1.807, 2.05) is 6.07 Å². The molecule has 0 radical (unpaired) electrons. The highest BCUT2D eigenvalue weighted by atomic mass is 16.5. The van der Waals surface area contributed by atoms with Gasteiger partial charge in [-0.3, -0.25) is 9.80 Å². The normalized spacial score (nSPS) is 21.4. The third kappa shape index (κ3) is 4.93. The molecule has 4 heteroatoms. The average Bonchev–Trinajstić information content (AvgIpc) is 2.62. The molecule has 0 N–H and O–H groups in total. The van der Waals surface area contributed by atoms with Crippen LogP contribution in [0.3, 0.4) is 0 Å². The minimum Gasteiger partial charge on any atom is -0.496 e. The summed E-state index contributed by atoms with van der Waals surface area (Å²) >= 11 is 0. The third-order valence-electron chi connectivity index (χ3n) is 5.23. The standard InChI is InChI=1S/C19H31N3O/c1-23-19-8-4-3-7-18(19)17-22-15-13-21(14-16-22)12-11-20-9-5-2-6-10-20/h3-4,7-8H,2,5-6,9-17H2,1H3. The maximum atomic E-state index is 5.47. The minimum atomic E-state index is 1.00. The summed E-state index contributed by atoms with van der Waals surface area (Å²) in [6.07, 6.45) is 4.22. The van der Waals surface area contributed by atoms with Gasteiger partial charge in [0.05, 0.1) is 7.11 Å². The van der Waals surface area contributed by atoms with Gasteiger partial charge in [0.1, 0.15) is 5.75 Å². The van der Waals surface area contributed by atoms with Crippen molar-refractivity contribution in [2.45, 2.75) is 25.8 Å². The van der Waals surface area contributed by atoms with E-state index in [1.54, 1.807) is 7.11 Å². The number of hydrogen-bond donors (Lipinski definition) is 0. The molecule has 2 fully saturated rings. The number of benzene rings is 1. The summed E-state index contributed by atoms with van der Waals surface area (Å²) < 4.78 is 5.47. The predicted octanol–water partition coefficient (Wildman–Crippen LogP) is 2.30. The monoisotopic (exact) mass is 317 g/mol. The van der Waals surface area contributed by atoms with Gasteiger partial charge in [-0.05, 0) is 32.0 Å². The number of ether oxygens (including phenoxy) is 1. The molecule has 0 saturated carbocycles. The maximum Gasteiger partial charge on any atom is 0.123 e. The fraction of sp³-hybridized carbons (Fsp3) is 0.684. The van der Waals surface area contributed by atoms with Gasteiger partial charge in [0.25, 0.3) is 0 Å². The quantitative estimate of drug-likeness (QED) is 0.801. The first-order valence-electron chi connectivity index (χ1n) is 9.14. The van der Waals surface area contributed by atoms with Gasteiger partial charge in [-0.15, -0.1) is 0 Å². The van der Waals surface area contributed by atoms with E-state index >= 15 is 0 Å². The average molecular weight is 317 g/mol. The third-order valence-corrected chi connectivity index (χ3v) is 5.23. The van der Waals surface area contributed by atoms with Gasteiger partial charge in [0, 0.05) is 51.4 Å². The van der Waals surface area contributed by atoms with Crippen molar-refractivity contribution in [3.8, 4) is 5.75 Å². The molecule has 23 heavy (non-hydrogen) atoms. The maximum absolute atomic E-state index is 5.47. The van der Waals surface area contributed by atoms with Crippen molar-refractivity contribution >= 4 is 0 Å². The van der Waals surface area contributed by atoms with Gasteiger partial charge in [0.15, 0.2) is 0 Å². The van der Waals surface area contributed by atoms with Gasteiger partial charge in [0.2, 0.25) is 0 Å². The van der Waals surface area contributed by atoms with Crippen molar-refractivity contribution in [1.29, 1.82) is 0 Å². The van der Waals surface area contributed by atoms with E-state index in [0.29, 0.717) is 0 Å². The van der Waals surface area contributed by atoms with Crippen molar-refractivity contribution in [1.82, 2.24) is 14.7 Å². The Kier molecular flexibility index (Phi) is 6.31. The molecule has 2 saturated heterocycles. The Morgan fingerprint density at radius 3 is 2.09 bits per heavy atom. The smallest absolute Gasteiger partial charge is 0.123 e. The molecule has 2 aliphatic rings. The van der Waals surface area contributed by atoms with E-state index in [4.69, 9.17) is 4.74 Å². The van der Waals surface area contributed by atoms with Crippen LogP contribution in [0.4, 0.5) is 0 Å². The first-order valence-corrected chi connectivity index (χ1v) is 9.14. The summed E-state index contributed by atoms with van der Waals surface area (Å²) in [5.74, 6) is 1.01. The highest BCUT2D eigenvalue weighted by Crippen LogP contribution is 2.20. The molecule has 128 valence electrons. The topological polar surface area (TPSA) is 19.0 Å². The van der Waals surface area contributed by atoms with E-state index in [-0.39, 0.29) is 0 Å². The summed E-state index contributed by atoms with van der Waals surface area (Å²) in [5, 5.41) is 0. The fourth-order valence-electron chi connectivity index (χ4n) is 3.71. The van der Waals surface area contributed by atoms with Gasteiger partial charge in [-0.2, -0.15) is 0 Å². The van der Waals surface area contributed by atoms with Crippen molar-refractivity contribution < 1.29 is 4.74 Å². The molecule has 0 amide bonds. The molecule has 2 aliphatic heterocycles. The first-order chi connectivity index (χ1) is 11.3. The number of piperidine rings is 1. The Morgan fingerprint density at radius 2 is 1.39 bits per heavy atom. The van der Waals surface area contributed by atoms with Crippen LogP contribution in [0.15, 0.2) is 24.3 Å². The SMILES string of the molecule is COc1ccccc1CN1CCN(CCN2CCCCC2)CC1. The van der Waals surface area contributed by atoms with Crippen LogP contribution < -0.4 is 4.74 Å². The molecule has 4 nitrogen and oxygen atoms in total. The molecular weight excluding hydrogens is 286 g/mol. The summed E-state index contributed by atoms with van der Waals surface area (Å²) in [5.41, 5.74) is 1.30. The number of piperazine rings is 1. The highest BCUT2D eigenvalue weighted by Gasteiger charge is 2.19. The molecule has 2 heterocycles. The lowest BCUT2D eigenvalue weighted by Gasteiger charge is -2.36. The van der Waals surface area contributed by atoms with Crippen LogP contribution in [0, 0.1) is 0 Å². The second-order valence-corrected chi connectivity index (χ2v) is 6.83. The Bertz CT molecular complexity index is 465. The molecular formula is C19H31N3O. The summed E-state index contributed by atoms with van der Waals surface area (Å²) in [6.45, 7) is 10.8. The molecule has 0 bridgehead atoms. The molecule has 1 aromatic rings. The summed E-state index contributed by atoms with van der Waals surface area (Å²) in [4.78, 5) is 7.83. The number of nitrogens with zero attached hydrogens (tertiary/aromatic N) is 3. The Balaban J connectivity index is 1.39. The molecule has 0 unspecified atom stereocenters. The second-order valence-electron chi connectivity index (χ2n) is 6.83. The molecule has 0 atom stereocenters. The zero-order chi connectivity index (χ0) is 15.9. The Morgan fingerprint density at radius 1 is 0.783 bits per heavy atom. The van der Waals surface area contributed by atoms with Crippen LogP contribution in [-0.4, -0.2) is 74.2 Å². The van der Waals surface area contributed by atoms with Gasteiger partial charge in [-0.1, -0.05) is 24.6 Å². The summed E-state index contributed by atoms with van der Waals surface area (Å²) in [7, 11) is 1.76. The van der Waals surface area contributed by atoms with Crippen molar-refractivity contribution in [2.75, 3.05) is 59.5 Å². The van der Waals surface area contributed by atoms with Crippen LogP contribution in [0.1, 0.15) is 24.8 Å². The second kappa shape index (κ2) is 8.67. The number of hydrogen-bond acceptors (Lipinski definition) is 4. The molecule has 1 aromatic carbocycles. The van der Waals surface area contributed by atoms with E-state index in [1.165, 1.54) is 64.1 Å². The molecule has 0 aromatic heterocycles. The van der Waals surface area contributed by atoms with Crippen molar-refractivity contribution in [3.63, 3.8) is 0 Å². The van der Waals surface area contributed by atoms with Gasteiger partial charge >= 0.3 is 0 Å². The van der Waals surface area contributed by atoms with Crippen LogP contribution in [-0.2, 0) is 6.54 Å². The number of likely N-dealkylation sites (tertiary alicyclic amines) is 1. The largest absolute Gasteiger partial charge is 0.496 e. The fourth-order valence-corrected chi connectivity index (χ4v) is 3.71. The van der Waals surface area contributed by atoms with Crippen molar-refractivity contribution in [2.24, 2.45) is 0 Å². The van der Waals surface area contributed by atoms with Gasteiger partial charge in [-0.25, -0.2) is 0 Å². The minimum absolute atomic E-state index is 1.00. The van der Waals surface area contributed by atoms with E-state index in [0.717, 1.165) is 25.4 Å². The van der Waals surface area contributed by atoms with Crippen LogP contribution in [0.25, 0.3) is 0 Å². The number of methoxy groups -OCH3 is 1. The van der Waals surface area contributed by atoms with E-state index in [9.17, 15) is 0 Å².